The van der Waals surface area contributed by atoms with Crippen molar-refractivity contribution in [3.63, 3.8) is 0 Å². The van der Waals surface area contributed by atoms with Gasteiger partial charge in [-0.25, -0.2) is 0 Å². The number of aliphatic carboxylic acids is 2. The minimum atomic E-state index is -1.07. The Labute approximate surface area is 137 Å². The van der Waals surface area contributed by atoms with E-state index in [1.54, 1.807) is 6.08 Å². The Morgan fingerprint density at radius 2 is 1.75 bits per heavy atom. The van der Waals surface area contributed by atoms with Crippen LogP contribution in [0.25, 0.3) is 0 Å². The quantitative estimate of drug-likeness (QED) is 0.472. The zero-order valence-electron chi connectivity index (χ0n) is 12.9. The first-order chi connectivity index (χ1) is 11.4. The molecule has 1 unspecified atom stereocenters. The molecule has 134 valence electrons. The van der Waals surface area contributed by atoms with Crippen LogP contribution in [-0.2, 0) is 28.7 Å². The number of carbonyl (C=O) groups is 4. The topological polar surface area (TPSA) is 151 Å². The Hall–Kier alpha value is -2.62. The molecule has 4 N–H and O–H groups in total. The number of carboxylic acid groups (broad SMARTS) is 2. The lowest BCUT2D eigenvalue weighted by molar-refractivity contribution is -0.139. The number of carboxylic acids is 2. The molecule has 2 aliphatic rings. The van der Waals surface area contributed by atoms with Crippen LogP contribution in [0.15, 0.2) is 11.8 Å². The number of hydrogen-bond donors (Lipinski definition) is 4. The number of ether oxygens (including phenoxy) is 2. The van der Waals surface area contributed by atoms with E-state index >= 15 is 0 Å². The highest BCUT2D eigenvalue weighted by Crippen LogP contribution is 2.11. The molecule has 1 fully saturated rings. The fourth-order valence-electron chi connectivity index (χ4n) is 1.88. The lowest BCUT2D eigenvalue weighted by atomic mass is 10.2. The summed E-state index contributed by atoms with van der Waals surface area (Å²) in [4.78, 5) is 42.1. The monoisotopic (exact) mass is 344 g/mol. The lowest BCUT2D eigenvalue weighted by Crippen LogP contribution is -2.37. The Balaban J connectivity index is 0.000000240. The van der Waals surface area contributed by atoms with Crippen molar-refractivity contribution in [1.82, 2.24) is 10.6 Å². The zero-order chi connectivity index (χ0) is 17.9. The summed E-state index contributed by atoms with van der Waals surface area (Å²) >= 11 is 0. The van der Waals surface area contributed by atoms with Crippen LogP contribution in [0.3, 0.4) is 0 Å². The fourth-order valence-corrected chi connectivity index (χ4v) is 1.88. The summed E-state index contributed by atoms with van der Waals surface area (Å²) in [6, 6.07) is 0. The molecule has 0 radical (unpaired) electrons. The van der Waals surface area contributed by atoms with Gasteiger partial charge in [0.25, 0.3) is 5.91 Å². The molecule has 1 atom stereocenters. The molecule has 24 heavy (non-hydrogen) atoms. The molecule has 0 aromatic rings. The van der Waals surface area contributed by atoms with E-state index < -0.39 is 23.9 Å². The fraction of sp³-hybridized carbons (Fsp3) is 0.571. The molecule has 0 aromatic heterocycles. The maximum absolute atomic E-state index is 11.1. The van der Waals surface area contributed by atoms with E-state index in [0.717, 1.165) is 6.42 Å². The third-order valence-electron chi connectivity index (χ3n) is 2.97. The molecule has 1 saturated heterocycles. The van der Waals surface area contributed by atoms with Gasteiger partial charge in [-0.2, -0.15) is 0 Å². The van der Waals surface area contributed by atoms with E-state index in [9.17, 15) is 19.2 Å². The number of nitrogens with one attached hydrogen (secondary N) is 2. The Morgan fingerprint density at radius 3 is 2.25 bits per heavy atom. The van der Waals surface area contributed by atoms with E-state index in [4.69, 9.17) is 19.7 Å². The maximum atomic E-state index is 11.1. The van der Waals surface area contributed by atoms with Crippen LogP contribution in [-0.4, -0.2) is 66.4 Å². The number of hydrogen-bond acceptors (Lipinski definition) is 6. The van der Waals surface area contributed by atoms with Gasteiger partial charge in [0, 0.05) is 13.0 Å². The van der Waals surface area contributed by atoms with Gasteiger partial charge in [-0.3, -0.25) is 19.2 Å². The van der Waals surface area contributed by atoms with Crippen molar-refractivity contribution in [2.75, 3.05) is 26.3 Å². The average molecular weight is 344 g/mol. The lowest BCUT2D eigenvalue weighted by Gasteiger charge is -2.07. The zero-order valence-corrected chi connectivity index (χ0v) is 12.9. The van der Waals surface area contributed by atoms with Crippen molar-refractivity contribution in [3.05, 3.63) is 11.8 Å². The number of carbonyl (C=O) groups excluding carboxylic acids is 2. The first-order valence-corrected chi connectivity index (χ1v) is 7.34. The predicted molar refractivity (Wildman–Crippen MR) is 78.9 cm³/mol. The second kappa shape index (κ2) is 10.2. The highest BCUT2D eigenvalue weighted by atomic mass is 16.5. The van der Waals surface area contributed by atoms with Crippen molar-refractivity contribution in [2.45, 2.75) is 25.4 Å². The Bertz CT molecular complexity index is 511. The van der Waals surface area contributed by atoms with Gasteiger partial charge < -0.3 is 30.3 Å². The molecule has 2 amide bonds. The average Bonchev–Trinajstić information content (AvgIpc) is 3.23. The van der Waals surface area contributed by atoms with Crippen LogP contribution in [0.4, 0.5) is 0 Å². The highest BCUT2D eigenvalue weighted by Gasteiger charge is 2.23. The molecule has 0 aliphatic carbocycles. The van der Waals surface area contributed by atoms with Crippen LogP contribution in [0.2, 0.25) is 0 Å². The molecular weight excluding hydrogens is 324 g/mol. The minimum Gasteiger partial charge on any atom is -0.488 e. The second-order valence-corrected chi connectivity index (χ2v) is 4.90. The Morgan fingerprint density at radius 1 is 1.08 bits per heavy atom. The first kappa shape index (κ1) is 19.4. The summed E-state index contributed by atoms with van der Waals surface area (Å²) in [5.41, 5.74) is 0. The van der Waals surface area contributed by atoms with Crippen LogP contribution >= 0.6 is 0 Å². The summed E-state index contributed by atoms with van der Waals surface area (Å²) in [5.74, 6) is -2.68. The summed E-state index contributed by atoms with van der Waals surface area (Å²) in [6.45, 7) is 0.374. The summed E-state index contributed by atoms with van der Waals surface area (Å²) in [7, 11) is 0. The van der Waals surface area contributed by atoms with Crippen LogP contribution < -0.4 is 10.6 Å². The molecule has 0 bridgehead atoms. The molecule has 2 heterocycles. The standard InChI is InChI=1S/C7H11NO4.C7H9NO4/c2*9-6(10)4-8-7(11)5-2-1-3-12-5/h5H,1-4H2,(H,8,11)(H,9,10);2H,1,3-4H2,(H,8,11)(H,9,10). The van der Waals surface area contributed by atoms with Crippen molar-refractivity contribution < 1.29 is 38.9 Å². The van der Waals surface area contributed by atoms with Crippen molar-refractivity contribution in [2.24, 2.45) is 0 Å². The predicted octanol–water partition coefficient (Wildman–Crippen LogP) is -1.14. The van der Waals surface area contributed by atoms with E-state index in [1.165, 1.54) is 0 Å². The van der Waals surface area contributed by atoms with Crippen molar-refractivity contribution in [3.8, 4) is 0 Å². The van der Waals surface area contributed by atoms with Gasteiger partial charge >= 0.3 is 11.9 Å². The summed E-state index contributed by atoms with van der Waals surface area (Å²) < 4.78 is 9.95. The summed E-state index contributed by atoms with van der Waals surface area (Å²) in [5, 5.41) is 20.9. The molecule has 0 spiro atoms. The highest BCUT2D eigenvalue weighted by molar-refractivity contribution is 5.93. The van der Waals surface area contributed by atoms with E-state index in [-0.39, 0.29) is 24.8 Å². The van der Waals surface area contributed by atoms with Gasteiger partial charge in [0.05, 0.1) is 6.61 Å². The summed E-state index contributed by atoms with van der Waals surface area (Å²) in [6.07, 6.45) is 3.45. The number of amides is 2. The Kier molecular flexibility index (Phi) is 8.26. The molecule has 2 rings (SSSR count). The van der Waals surface area contributed by atoms with Gasteiger partial charge in [-0.1, -0.05) is 0 Å². The number of rotatable bonds is 6. The van der Waals surface area contributed by atoms with E-state index in [1.807, 2.05) is 0 Å². The maximum Gasteiger partial charge on any atom is 0.322 e. The third-order valence-corrected chi connectivity index (χ3v) is 2.97. The van der Waals surface area contributed by atoms with Crippen LogP contribution in [0.5, 0.6) is 0 Å². The van der Waals surface area contributed by atoms with Gasteiger partial charge in [0.15, 0.2) is 5.76 Å². The van der Waals surface area contributed by atoms with E-state index in [2.05, 4.69) is 10.6 Å². The van der Waals surface area contributed by atoms with Crippen LogP contribution in [0.1, 0.15) is 19.3 Å². The molecule has 10 heteroatoms. The first-order valence-electron chi connectivity index (χ1n) is 7.34. The second-order valence-electron chi connectivity index (χ2n) is 4.90. The molecular formula is C14H20N2O8. The third kappa shape index (κ3) is 7.58. The molecule has 2 aliphatic heterocycles. The van der Waals surface area contributed by atoms with Crippen molar-refractivity contribution in [1.29, 1.82) is 0 Å². The SMILES string of the molecule is O=C(O)CNC(=O)C1=CCCO1.O=C(O)CNC(=O)C1CCCO1. The largest absolute Gasteiger partial charge is 0.488 e. The smallest absolute Gasteiger partial charge is 0.322 e. The molecule has 0 saturated carbocycles. The molecule has 10 nitrogen and oxygen atoms in total. The van der Waals surface area contributed by atoms with Gasteiger partial charge in [0.2, 0.25) is 5.91 Å². The van der Waals surface area contributed by atoms with Gasteiger partial charge in [0.1, 0.15) is 19.2 Å². The van der Waals surface area contributed by atoms with Gasteiger partial charge in [-0.15, -0.1) is 0 Å². The normalized spacial score (nSPS) is 18.5. The van der Waals surface area contributed by atoms with Crippen LogP contribution in [0, 0.1) is 0 Å². The minimum absolute atomic E-state index is 0.219. The van der Waals surface area contributed by atoms with Gasteiger partial charge in [-0.05, 0) is 18.9 Å². The molecule has 0 aromatic carbocycles. The van der Waals surface area contributed by atoms with E-state index in [0.29, 0.717) is 26.1 Å². The van der Waals surface area contributed by atoms with Crippen molar-refractivity contribution >= 4 is 23.8 Å².